The quantitative estimate of drug-likeness (QED) is 0.654. The van der Waals surface area contributed by atoms with Gasteiger partial charge in [-0.3, -0.25) is 9.67 Å². The lowest BCUT2D eigenvalue weighted by Gasteiger charge is -2.57. The van der Waals surface area contributed by atoms with Crippen LogP contribution in [0.15, 0.2) is 17.4 Å². The fourth-order valence-electron chi connectivity index (χ4n) is 6.44. The Kier molecular flexibility index (Phi) is 4.42. The molecule has 0 radical (unpaired) electrons. The van der Waals surface area contributed by atoms with Gasteiger partial charge in [-0.15, -0.1) is 0 Å². The fraction of sp³-hybridized carbons (Fsp3) is 0.810. The van der Waals surface area contributed by atoms with Crippen molar-refractivity contribution in [2.75, 3.05) is 26.7 Å². The number of aliphatic imine (C=N–C) groups is 1. The third-order valence-electron chi connectivity index (χ3n) is 7.65. The number of likely N-dealkylation sites (tertiary alicyclic amines) is 1. The molecule has 3 heterocycles. The molecular formula is C21H33N5O. The Labute approximate surface area is 162 Å². The van der Waals surface area contributed by atoms with Crippen LogP contribution < -0.4 is 5.32 Å². The van der Waals surface area contributed by atoms with Gasteiger partial charge >= 0.3 is 0 Å². The summed E-state index contributed by atoms with van der Waals surface area (Å²) in [6, 6.07) is 0.559. The van der Waals surface area contributed by atoms with E-state index < -0.39 is 0 Å². The molecule has 1 N–H and O–H groups in total. The van der Waals surface area contributed by atoms with Crippen molar-refractivity contribution >= 4 is 5.96 Å². The van der Waals surface area contributed by atoms with Gasteiger partial charge < -0.3 is 15.0 Å². The summed E-state index contributed by atoms with van der Waals surface area (Å²) >= 11 is 0. The van der Waals surface area contributed by atoms with Crippen LogP contribution in [0.4, 0.5) is 0 Å². The number of nitrogens with one attached hydrogen (secondary N) is 1. The summed E-state index contributed by atoms with van der Waals surface area (Å²) in [6.45, 7) is 3.15. The predicted octanol–water partition coefficient (Wildman–Crippen LogP) is 2.21. The highest BCUT2D eigenvalue weighted by atomic mass is 16.5. The van der Waals surface area contributed by atoms with E-state index in [2.05, 4.69) is 26.5 Å². The van der Waals surface area contributed by atoms with Crippen molar-refractivity contribution in [2.24, 2.45) is 29.3 Å². The van der Waals surface area contributed by atoms with Crippen LogP contribution in [0.1, 0.15) is 44.1 Å². The summed E-state index contributed by atoms with van der Waals surface area (Å²) < 4.78 is 8.05. The molecule has 4 atom stereocenters. The Bertz CT molecular complexity index is 707. The van der Waals surface area contributed by atoms with Crippen molar-refractivity contribution < 1.29 is 4.74 Å². The first-order chi connectivity index (χ1) is 13.2. The zero-order valence-corrected chi connectivity index (χ0v) is 16.7. The number of guanidine groups is 1. The fourth-order valence-corrected chi connectivity index (χ4v) is 6.44. The third kappa shape index (κ3) is 2.87. The number of hydrogen-bond donors (Lipinski definition) is 1. The average Bonchev–Trinajstić information content (AvgIpc) is 3.42. The van der Waals surface area contributed by atoms with Gasteiger partial charge in [-0.25, -0.2) is 0 Å². The lowest BCUT2D eigenvalue weighted by molar-refractivity contribution is -0.125. The number of aromatic nitrogens is 2. The van der Waals surface area contributed by atoms with Crippen LogP contribution in [0, 0.1) is 17.3 Å². The van der Waals surface area contributed by atoms with Crippen LogP contribution in [0.5, 0.6) is 0 Å². The van der Waals surface area contributed by atoms with Crippen molar-refractivity contribution in [3.63, 3.8) is 0 Å². The van der Waals surface area contributed by atoms with Gasteiger partial charge in [0.15, 0.2) is 5.96 Å². The van der Waals surface area contributed by atoms with Gasteiger partial charge in [0.25, 0.3) is 0 Å². The number of aryl methyl sites for hydroxylation is 1. The number of rotatable bonds is 3. The van der Waals surface area contributed by atoms with Crippen molar-refractivity contribution in [3.05, 3.63) is 18.0 Å². The van der Waals surface area contributed by atoms with Gasteiger partial charge in [-0.05, 0) is 43.6 Å². The highest BCUT2D eigenvalue weighted by Crippen LogP contribution is 2.60. The number of ether oxygens (including phenoxy) is 1. The molecule has 4 aliphatic rings. The maximum absolute atomic E-state index is 6.14. The van der Waals surface area contributed by atoms with Gasteiger partial charge in [0.1, 0.15) is 0 Å². The van der Waals surface area contributed by atoms with Gasteiger partial charge in [0.05, 0.1) is 12.3 Å². The number of nitrogens with zero attached hydrogens (tertiary/aromatic N) is 4. The van der Waals surface area contributed by atoms with E-state index in [1.54, 1.807) is 0 Å². The number of hydrogen-bond acceptors (Lipinski definition) is 3. The van der Waals surface area contributed by atoms with Gasteiger partial charge in [0, 0.05) is 57.4 Å². The summed E-state index contributed by atoms with van der Waals surface area (Å²) in [7, 11) is 3.94. The number of fused-ring (bicyclic) bond motifs is 2. The minimum Gasteiger partial charge on any atom is -0.377 e. The van der Waals surface area contributed by atoms with E-state index in [-0.39, 0.29) is 0 Å². The molecule has 0 amide bonds. The second kappa shape index (κ2) is 6.80. The molecular weight excluding hydrogens is 338 g/mol. The molecule has 148 valence electrons. The largest absolute Gasteiger partial charge is 0.377 e. The Morgan fingerprint density at radius 3 is 2.96 bits per heavy atom. The van der Waals surface area contributed by atoms with Crippen LogP contribution >= 0.6 is 0 Å². The summed E-state index contributed by atoms with van der Waals surface area (Å²) in [6.07, 6.45) is 13.6. The monoisotopic (exact) mass is 371 g/mol. The van der Waals surface area contributed by atoms with Gasteiger partial charge in [-0.1, -0.05) is 12.8 Å². The van der Waals surface area contributed by atoms with Crippen molar-refractivity contribution in [1.29, 1.82) is 0 Å². The molecule has 1 spiro atoms. The minimum atomic E-state index is 0.381. The normalized spacial score (nSPS) is 34.9. The second-order valence-electron chi connectivity index (χ2n) is 9.18. The predicted molar refractivity (Wildman–Crippen MR) is 106 cm³/mol. The zero-order chi connectivity index (χ0) is 18.4. The lowest BCUT2D eigenvalue weighted by Crippen LogP contribution is -2.69. The van der Waals surface area contributed by atoms with Crippen molar-refractivity contribution in [3.8, 4) is 0 Å². The molecule has 4 fully saturated rings. The maximum atomic E-state index is 6.14. The van der Waals surface area contributed by atoms with Crippen molar-refractivity contribution in [2.45, 2.75) is 57.1 Å². The van der Waals surface area contributed by atoms with E-state index in [0.29, 0.717) is 29.4 Å². The molecule has 0 bridgehead atoms. The van der Waals surface area contributed by atoms with Gasteiger partial charge in [-0.2, -0.15) is 5.10 Å². The molecule has 2 aliphatic carbocycles. The molecule has 6 heteroatoms. The molecule has 2 aliphatic heterocycles. The molecule has 2 saturated heterocycles. The lowest BCUT2D eigenvalue weighted by atomic mass is 9.54. The average molecular weight is 372 g/mol. The molecule has 2 saturated carbocycles. The first-order valence-corrected chi connectivity index (χ1v) is 10.8. The van der Waals surface area contributed by atoms with Crippen LogP contribution in [0.25, 0.3) is 0 Å². The molecule has 0 aromatic carbocycles. The molecule has 5 rings (SSSR count). The molecule has 4 unspecified atom stereocenters. The molecule has 27 heavy (non-hydrogen) atoms. The zero-order valence-electron chi connectivity index (χ0n) is 16.7. The molecule has 1 aromatic rings. The summed E-state index contributed by atoms with van der Waals surface area (Å²) in [5, 5.41) is 8.23. The first kappa shape index (κ1) is 17.5. The minimum absolute atomic E-state index is 0.381. The smallest absolute Gasteiger partial charge is 0.193 e. The Morgan fingerprint density at radius 2 is 2.22 bits per heavy atom. The Balaban J connectivity index is 1.23. The molecule has 1 aromatic heterocycles. The van der Waals surface area contributed by atoms with E-state index in [1.807, 2.05) is 25.0 Å². The second-order valence-corrected chi connectivity index (χ2v) is 9.18. The molecule has 6 nitrogen and oxygen atoms in total. The standard InChI is InChI=1S/C21H33N5O/c1-22-20(26-9-5-15(14-26)11-16-12-23-25(2)13-16)24-18-17-6-10-27-19(17)21(18)7-3-4-8-21/h12-13,15,17-19H,3-11,14H2,1-2H3,(H,22,24). The Morgan fingerprint density at radius 1 is 1.37 bits per heavy atom. The maximum Gasteiger partial charge on any atom is 0.193 e. The third-order valence-corrected chi connectivity index (χ3v) is 7.65. The summed E-state index contributed by atoms with van der Waals surface area (Å²) in [5.74, 6) is 2.50. The van der Waals surface area contributed by atoms with E-state index >= 15 is 0 Å². The van der Waals surface area contributed by atoms with E-state index in [0.717, 1.165) is 32.1 Å². The van der Waals surface area contributed by atoms with E-state index in [9.17, 15) is 0 Å². The van der Waals surface area contributed by atoms with E-state index in [4.69, 9.17) is 4.74 Å². The highest BCUT2D eigenvalue weighted by molar-refractivity contribution is 5.80. The van der Waals surface area contributed by atoms with Crippen LogP contribution in [0.3, 0.4) is 0 Å². The van der Waals surface area contributed by atoms with Gasteiger partial charge in [0.2, 0.25) is 0 Å². The van der Waals surface area contributed by atoms with Crippen molar-refractivity contribution in [1.82, 2.24) is 20.0 Å². The summed E-state index contributed by atoms with van der Waals surface area (Å²) in [4.78, 5) is 7.16. The highest BCUT2D eigenvalue weighted by Gasteiger charge is 2.65. The SMILES string of the molecule is CN=C(NC1C2CCOC2C12CCCC2)N1CCC(Cc2cnn(C)c2)C1. The Hall–Kier alpha value is -1.56. The topological polar surface area (TPSA) is 54.7 Å². The van der Waals surface area contributed by atoms with E-state index in [1.165, 1.54) is 44.1 Å². The van der Waals surface area contributed by atoms with Crippen LogP contribution in [-0.4, -0.2) is 59.5 Å². The van der Waals surface area contributed by atoms with Crippen LogP contribution in [0.2, 0.25) is 0 Å². The van der Waals surface area contributed by atoms with Crippen LogP contribution in [-0.2, 0) is 18.2 Å². The summed E-state index contributed by atoms with van der Waals surface area (Å²) in [5.41, 5.74) is 1.73. The first-order valence-electron chi connectivity index (χ1n) is 10.8.